The number of nitriles is 1. The van der Waals surface area contributed by atoms with Crippen LogP contribution in [0.15, 0.2) is 22.7 Å². The molecule has 0 spiro atoms. The largest absolute Gasteiger partial charge is 0.418 e. The van der Waals surface area contributed by atoms with Crippen molar-refractivity contribution in [2.45, 2.75) is 6.42 Å². The van der Waals surface area contributed by atoms with Gasteiger partial charge in [-0.2, -0.15) is 5.26 Å². The standard InChI is InChI=1S/C9H5BrN2O4/c10-6-1-2-7(12(14)15)8(5-6)16-9(13)3-4-11/h1-2,5H,3H2. The summed E-state index contributed by atoms with van der Waals surface area (Å²) in [4.78, 5) is 21.0. The van der Waals surface area contributed by atoms with Crippen LogP contribution in [-0.2, 0) is 4.79 Å². The summed E-state index contributed by atoms with van der Waals surface area (Å²) in [6.45, 7) is 0. The number of benzene rings is 1. The first-order valence-electron chi connectivity index (χ1n) is 4.06. The van der Waals surface area contributed by atoms with Gasteiger partial charge in [-0.25, -0.2) is 0 Å². The fraction of sp³-hybridized carbons (Fsp3) is 0.111. The number of esters is 1. The van der Waals surface area contributed by atoms with E-state index in [0.29, 0.717) is 4.47 Å². The summed E-state index contributed by atoms with van der Waals surface area (Å²) in [5.41, 5.74) is -0.325. The third-order valence-electron chi connectivity index (χ3n) is 1.57. The number of carbonyl (C=O) groups excluding carboxylic acids is 1. The maximum Gasteiger partial charge on any atom is 0.325 e. The number of rotatable bonds is 3. The molecule has 7 heteroatoms. The molecule has 1 aromatic rings. The molecule has 0 N–H and O–H groups in total. The predicted octanol–water partition coefficient (Wildman–Crippen LogP) is 2.18. The van der Waals surface area contributed by atoms with Crippen LogP contribution >= 0.6 is 15.9 Å². The Balaban J connectivity index is 3.02. The van der Waals surface area contributed by atoms with Crippen molar-refractivity contribution in [1.29, 1.82) is 5.26 Å². The van der Waals surface area contributed by atoms with Gasteiger partial charge in [-0.05, 0) is 6.07 Å². The Morgan fingerprint density at radius 1 is 1.62 bits per heavy atom. The van der Waals surface area contributed by atoms with Crippen LogP contribution < -0.4 is 4.74 Å². The fourth-order valence-electron chi connectivity index (χ4n) is 0.944. The number of ether oxygens (including phenoxy) is 1. The molecule has 0 aromatic heterocycles. The maximum atomic E-state index is 11.0. The average molecular weight is 285 g/mol. The molecule has 0 bridgehead atoms. The zero-order valence-corrected chi connectivity index (χ0v) is 9.43. The molecule has 0 heterocycles. The normalized spacial score (nSPS) is 9.25. The van der Waals surface area contributed by atoms with Crippen LogP contribution in [0.5, 0.6) is 5.75 Å². The van der Waals surface area contributed by atoms with Crippen LogP contribution in [0.3, 0.4) is 0 Å². The van der Waals surface area contributed by atoms with Crippen LogP contribution in [0.1, 0.15) is 6.42 Å². The molecule has 0 aliphatic rings. The van der Waals surface area contributed by atoms with Crippen molar-refractivity contribution in [2.24, 2.45) is 0 Å². The molecule has 0 amide bonds. The topological polar surface area (TPSA) is 93.2 Å². The van der Waals surface area contributed by atoms with Gasteiger partial charge in [-0.15, -0.1) is 0 Å². The maximum absolute atomic E-state index is 11.0. The lowest BCUT2D eigenvalue weighted by Gasteiger charge is -2.03. The molecule has 6 nitrogen and oxygen atoms in total. The highest BCUT2D eigenvalue weighted by Crippen LogP contribution is 2.30. The highest BCUT2D eigenvalue weighted by atomic mass is 79.9. The first kappa shape index (κ1) is 12.1. The third-order valence-corrected chi connectivity index (χ3v) is 2.06. The van der Waals surface area contributed by atoms with Crippen LogP contribution in [0, 0.1) is 21.4 Å². The molecule has 0 aliphatic heterocycles. The van der Waals surface area contributed by atoms with E-state index in [1.54, 1.807) is 6.07 Å². The van der Waals surface area contributed by atoms with Gasteiger partial charge in [0.15, 0.2) is 0 Å². The van der Waals surface area contributed by atoms with Crippen molar-refractivity contribution >= 4 is 27.6 Å². The van der Waals surface area contributed by atoms with Gasteiger partial charge in [0, 0.05) is 16.6 Å². The van der Waals surface area contributed by atoms with Crippen LogP contribution in [0.25, 0.3) is 0 Å². The lowest BCUT2D eigenvalue weighted by Crippen LogP contribution is -2.07. The predicted molar refractivity (Wildman–Crippen MR) is 56.7 cm³/mol. The average Bonchev–Trinajstić information content (AvgIpc) is 2.17. The molecule has 1 aromatic carbocycles. The Bertz CT molecular complexity index is 481. The van der Waals surface area contributed by atoms with Crippen LogP contribution in [0.4, 0.5) is 5.69 Å². The summed E-state index contributed by atoms with van der Waals surface area (Å²) < 4.78 is 5.23. The molecular weight excluding hydrogens is 280 g/mol. The first-order valence-corrected chi connectivity index (χ1v) is 4.85. The smallest absolute Gasteiger partial charge is 0.325 e. The summed E-state index contributed by atoms with van der Waals surface area (Å²) in [5.74, 6) is -1.01. The Morgan fingerprint density at radius 2 is 2.31 bits per heavy atom. The van der Waals surface area contributed by atoms with E-state index in [2.05, 4.69) is 15.9 Å². The SMILES string of the molecule is N#CCC(=O)Oc1cc(Br)ccc1[N+](=O)[O-]. The van der Waals surface area contributed by atoms with Gasteiger partial charge >= 0.3 is 11.7 Å². The molecular formula is C9H5BrN2O4. The van der Waals surface area contributed by atoms with Crippen molar-refractivity contribution in [3.63, 3.8) is 0 Å². The molecule has 82 valence electrons. The Hall–Kier alpha value is -1.94. The molecule has 0 fully saturated rings. The number of hydrogen-bond acceptors (Lipinski definition) is 5. The number of carbonyl (C=O) groups is 1. The molecule has 0 saturated heterocycles. The van der Waals surface area contributed by atoms with Gasteiger partial charge in [0.05, 0.1) is 11.0 Å². The van der Waals surface area contributed by atoms with E-state index in [1.165, 1.54) is 18.2 Å². The molecule has 0 aliphatic carbocycles. The summed E-state index contributed by atoms with van der Waals surface area (Å²) in [7, 11) is 0. The van der Waals surface area contributed by atoms with E-state index in [-0.39, 0.29) is 11.4 Å². The number of hydrogen-bond donors (Lipinski definition) is 0. The number of halogens is 1. The summed E-state index contributed by atoms with van der Waals surface area (Å²) >= 11 is 3.10. The highest BCUT2D eigenvalue weighted by Gasteiger charge is 2.17. The summed E-state index contributed by atoms with van der Waals surface area (Å²) in [5, 5.41) is 18.9. The Morgan fingerprint density at radius 3 is 2.88 bits per heavy atom. The van der Waals surface area contributed by atoms with E-state index >= 15 is 0 Å². The number of nitro benzene ring substituents is 1. The molecule has 0 radical (unpaired) electrons. The lowest BCUT2D eigenvalue weighted by molar-refractivity contribution is -0.385. The second-order valence-corrected chi connectivity index (χ2v) is 3.59. The zero-order valence-electron chi connectivity index (χ0n) is 7.84. The van der Waals surface area contributed by atoms with Gasteiger partial charge in [0.25, 0.3) is 0 Å². The van der Waals surface area contributed by atoms with E-state index < -0.39 is 17.3 Å². The zero-order chi connectivity index (χ0) is 12.1. The highest BCUT2D eigenvalue weighted by molar-refractivity contribution is 9.10. The summed E-state index contributed by atoms with van der Waals surface area (Å²) in [6.07, 6.45) is -0.455. The second-order valence-electron chi connectivity index (χ2n) is 2.68. The van der Waals surface area contributed by atoms with Crippen molar-refractivity contribution in [1.82, 2.24) is 0 Å². The molecule has 0 unspecified atom stereocenters. The molecule has 1 rings (SSSR count). The fourth-order valence-corrected chi connectivity index (χ4v) is 1.28. The van der Waals surface area contributed by atoms with Gasteiger partial charge in [-0.1, -0.05) is 15.9 Å². The third kappa shape index (κ3) is 3.03. The first-order chi connectivity index (χ1) is 7.54. The number of nitro groups is 1. The van der Waals surface area contributed by atoms with Crippen molar-refractivity contribution in [3.8, 4) is 11.8 Å². The Labute approximate surface area is 98.7 Å². The van der Waals surface area contributed by atoms with Gasteiger partial charge < -0.3 is 4.74 Å². The molecule has 0 saturated carbocycles. The number of nitrogens with zero attached hydrogens (tertiary/aromatic N) is 2. The molecule has 0 atom stereocenters. The van der Waals surface area contributed by atoms with Crippen LogP contribution in [0.2, 0.25) is 0 Å². The summed E-state index contributed by atoms with van der Waals surface area (Å²) in [6, 6.07) is 5.56. The van der Waals surface area contributed by atoms with E-state index in [1.807, 2.05) is 0 Å². The van der Waals surface area contributed by atoms with E-state index in [9.17, 15) is 14.9 Å². The van der Waals surface area contributed by atoms with Crippen molar-refractivity contribution in [3.05, 3.63) is 32.8 Å². The van der Waals surface area contributed by atoms with E-state index in [0.717, 1.165) is 0 Å². The van der Waals surface area contributed by atoms with Gasteiger partial charge in [0.1, 0.15) is 6.42 Å². The second kappa shape index (κ2) is 5.23. The molecule has 16 heavy (non-hydrogen) atoms. The monoisotopic (exact) mass is 284 g/mol. The van der Waals surface area contributed by atoms with Crippen molar-refractivity contribution < 1.29 is 14.5 Å². The Kier molecular flexibility index (Phi) is 3.96. The minimum absolute atomic E-state index is 0.181. The lowest BCUT2D eigenvalue weighted by atomic mass is 10.3. The quantitative estimate of drug-likeness (QED) is 0.367. The minimum Gasteiger partial charge on any atom is -0.418 e. The van der Waals surface area contributed by atoms with Crippen LogP contribution in [-0.4, -0.2) is 10.9 Å². The van der Waals surface area contributed by atoms with Crippen molar-refractivity contribution in [2.75, 3.05) is 0 Å². The van der Waals surface area contributed by atoms with Gasteiger partial charge in [-0.3, -0.25) is 14.9 Å². The van der Waals surface area contributed by atoms with E-state index in [4.69, 9.17) is 10.00 Å². The minimum atomic E-state index is -0.830. The van der Waals surface area contributed by atoms with Gasteiger partial charge in [0.2, 0.25) is 5.75 Å².